The number of nitrogens with zero attached hydrogens (tertiary/aromatic N) is 1. The lowest BCUT2D eigenvalue weighted by Crippen LogP contribution is -2.20. The molecule has 0 amide bonds. The Morgan fingerprint density at radius 2 is 1.76 bits per heavy atom. The average molecular weight is 313 g/mol. The topological polar surface area (TPSA) is 59.3 Å². The molecule has 1 aromatic carbocycles. The molecule has 0 aromatic heterocycles. The summed E-state index contributed by atoms with van der Waals surface area (Å²) in [4.78, 5) is 11.3. The van der Waals surface area contributed by atoms with Gasteiger partial charge < -0.3 is 9.47 Å². The second-order valence-electron chi connectivity index (χ2n) is 3.54. The van der Waals surface area contributed by atoms with Crippen molar-refractivity contribution in [1.29, 1.82) is 5.26 Å². The van der Waals surface area contributed by atoms with Gasteiger partial charge in [-0.3, -0.25) is 0 Å². The van der Waals surface area contributed by atoms with Crippen LogP contribution in [-0.2, 0) is 10.9 Å². The summed E-state index contributed by atoms with van der Waals surface area (Å²) in [6, 6.07) is 1.40. The molecule has 0 atom stereocenters. The number of hydrogen-bond donors (Lipinski definition) is 0. The zero-order valence-electron chi connectivity index (χ0n) is 10.1. The minimum Gasteiger partial charge on any atom is -0.465 e. The second-order valence-corrected chi connectivity index (χ2v) is 3.54. The van der Waals surface area contributed by atoms with Crippen molar-refractivity contribution in [3.63, 3.8) is 0 Å². The number of carbonyl (C=O) groups is 1. The summed E-state index contributed by atoms with van der Waals surface area (Å²) in [5.74, 6) is -2.74. The van der Waals surface area contributed by atoms with Crippen LogP contribution in [0.2, 0.25) is 0 Å². The van der Waals surface area contributed by atoms with Crippen LogP contribution in [0, 0.1) is 11.3 Å². The van der Waals surface area contributed by atoms with Crippen molar-refractivity contribution in [2.75, 3.05) is 7.11 Å². The van der Waals surface area contributed by atoms with Crippen LogP contribution in [0.25, 0.3) is 0 Å². The molecule has 0 spiro atoms. The Kier molecular flexibility index (Phi) is 4.36. The molecule has 0 saturated heterocycles. The Labute approximate surface area is 113 Å². The highest BCUT2D eigenvalue weighted by atomic mass is 19.4. The highest BCUT2D eigenvalue weighted by molar-refractivity contribution is 5.92. The van der Waals surface area contributed by atoms with Gasteiger partial charge in [-0.25, -0.2) is 4.79 Å². The summed E-state index contributed by atoms with van der Waals surface area (Å²) in [5, 5.41) is 8.61. The number of esters is 1. The van der Waals surface area contributed by atoms with E-state index in [0.717, 1.165) is 13.2 Å². The van der Waals surface area contributed by atoms with Gasteiger partial charge in [0.25, 0.3) is 0 Å². The van der Waals surface area contributed by atoms with Crippen LogP contribution >= 0.6 is 0 Å². The summed E-state index contributed by atoms with van der Waals surface area (Å²) in [6.45, 7) is 0. The van der Waals surface area contributed by atoms with Crippen LogP contribution in [0.3, 0.4) is 0 Å². The Balaban J connectivity index is 3.57. The first-order chi connectivity index (χ1) is 9.49. The molecule has 4 nitrogen and oxygen atoms in total. The SMILES string of the molecule is COC(=O)c1cc(OC(F)(F)F)c(C#N)cc1C(F)(F)F. The molecule has 0 aliphatic carbocycles. The molecular formula is C11H5F6NO3. The van der Waals surface area contributed by atoms with Gasteiger partial charge in [0.1, 0.15) is 11.8 Å². The van der Waals surface area contributed by atoms with E-state index in [9.17, 15) is 31.1 Å². The second kappa shape index (κ2) is 5.51. The molecule has 0 unspecified atom stereocenters. The molecule has 0 bridgehead atoms. The lowest BCUT2D eigenvalue weighted by Gasteiger charge is -2.15. The van der Waals surface area contributed by atoms with Crippen LogP contribution in [0.15, 0.2) is 12.1 Å². The van der Waals surface area contributed by atoms with Gasteiger partial charge in [-0.15, -0.1) is 13.2 Å². The van der Waals surface area contributed by atoms with Crippen LogP contribution in [0.5, 0.6) is 5.75 Å². The van der Waals surface area contributed by atoms with Crippen LogP contribution in [0.4, 0.5) is 26.3 Å². The lowest BCUT2D eigenvalue weighted by atomic mass is 10.0. The van der Waals surface area contributed by atoms with Crippen molar-refractivity contribution in [2.45, 2.75) is 12.5 Å². The average Bonchev–Trinajstić information content (AvgIpc) is 2.34. The number of nitriles is 1. The Morgan fingerprint density at radius 1 is 1.19 bits per heavy atom. The number of rotatable bonds is 2. The zero-order chi connectivity index (χ0) is 16.4. The molecule has 21 heavy (non-hydrogen) atoms. The number of halogens is 6. The Morgan fingerprint density at radius 3 is 2.14 bits per heavy atom. The van der Waals surface area contributed by atoms with E-state index in [1.807, 2.05) is 0 Å². The quantitative estimate of drug-likeness (QED) is 0.621. The Hall–Kier alpha value is -2.44. The number of carbonyl (C=O) groups excluding carboxylic acids is 1. The van der Waals surface area contributed by atoms with Crippen molar-refractivity contribution in [2.24, 2.45) is 0 Å². The molecule has 0 aliphatic heterocycles. The first-order valence-corrected chi connectivity index (χ1v) is 4.99. The van der Waals surface area contributed by atoms with Crippen molar-refractivity contribution in [3.8, 4) is 11.8 Å². The molecule has 0 radical (unpaired) electrons. The minimum absolute atomic E-state index is 0.0906. The third kappa shape index (κ3) is 4.01. The molecule has 1 rings (SSSR count). The molecule has 10 heteroatoms. The van der Waals surface area contributed by atoms with Crippen molar-refractivity contribution < 1.29 is 40.6 Å². The van der Waals surface area contributed by atoms with Gasteiger partial charge in [0.15, 0.2) is 0 Å². The van der Waals surface area contributed by atoms with Gasteiger partial charge >= 0.3 is 18.5 Å². The van der Waals surface area contributed by atoms with Crippen molar-refractivity contribution >= 4 is 5.97 Å². The van der Waals surface area contributed by atoms with Crippen molar-refractivity contribution in [3.05, 3.63) is 28.8 Å². The van der Waals surface area contributed by atoms with E-state index in [4.69, 9.17) is 5.26 Å². The smallest absolute Gasteiger partial charge is 0.465 e. The summed E-state index contributed by atoms with van der Waals surface area (Å²) >= 11 is 0. The molecule has 0 fully saturated rings. The highest BCUT2D eigenvalue weighted by Crippen LogP contribution is 2.37. The predicted octanol–water partition coefficient (Wildman–Crippen LogP) is 3.26. The monoisotopic (exact) mass is 313 g/mol. The van der Waals surface area contributed by atoms with Crippen LogP contribution in [0.1, 0.15) is 21.5 Å². The minimum atomic E-state index is -5.24. The normalized spacial score (nSPS) is 11.7. The molecule has 0 N–H and O–H groups in total. The zero-order valence-corrected chi connectivity index (χ0v) is 10.1. The van der Waals surface area contributed by atoms with E-state index >= 15 is 0 Å². The summed E-state index contributed by atoms with van der Waals surface area (Å²) < 4.78 is 82.2. The summed E-state index contributed by atoms with van der Waals surface area (Å²) in [6.07, 6.45) is -10.3. The standard InChI is InChI=1S/C11H5F6NO3/c1-20-9(19)6-3-8(21-11(15,16)17)5(4-18)2-7(6)10(12,13)14/h2-3H,1H3. The number of benzene rings is 1. The Bertz CT molecular complexity index is 600. The van der Waals surface area contributed by atoms with Gasteiger partial charge in [0.05, 0.1) is 23.8 Å². The molecule has 114 valence electrons. The first-order valence-electron chi connectivity index (χ1n) is 4.99. The molecule has 0 saturated carbocycles. The van der Waals surface area contributed by atoms with Crippen LogP contribution in [-0.4, -0.2) is 19.4 Å². The van der Waals surface area contributed by atoms with E-state index in [0.29, 0.717) is 0 Å². The summed E-state index contributed by atoms with van der Waals surface area (Å²) in [5.41, 5.74) is -3.81. The fourth-order valence-electron chi connectivity index (χ4n) is 1.39. The molecular weight excluding hydrogens is 308 g/mol. The van der Waals surface area contributed by atoms with Gasteiger partial charge in [-0.1, -0.05) is 0 Å². The summed E-state index contributed by atoms with van der Waals surface area (Å²) in [7, 11) is 0.755. The number of hydrogen-bond acceptors (Lipinski definition) is 4. The van der Waals surface area contributed by atoms with Gasteiger partial charge in [0.2, 0.25) is 0 Å². The van der Waals surface area contributed by atoms with E-state index in [-0.39, 0.29) is 12.1 Å². The molecule has 0 aliphatic rings. The number of methoxy groups -OCH3 is 1. The van der Waals surface area contributed by atoms with E-state index < -0.39 is 40.9 Å². The maximum absolute atomic E-state index is 12.8. The van der Waals surface area contributed by atoms with Gasteiger partial charge in [0, 0.05) is 0 Å². The van der Waals surface area contributed by atoms with E-state index in [1.165, 1.54) is 0 Å². The molecule has 0 heterocycles. The third-order valence-electron chi connectivity index (χ3n) is 2.18. The fraction of sp³-hybridized carbons (Fsp3) is 0.273. The number of alkyl halides is 6. The van der Waals surface area contributed by atoms with Crippen LogP contribution < -0.4 is 4.74 Å². The predicted molar refractivity (Wildman–Crippen MR) is 54.2 cm³/mol. The maximum Gasteiger partial charge on any atom is 0.573 e. The van der Waals surface area contributed by atoms with Gasteiger partial charge in [-0.2, -0.15) is 18.4 Å². The lowest BCUT2D eigenvalue weighted by molar-refractivity contribution is -0.274. The third-order valence-corrected chi connectivity index (χ3v) is 2.18. The number of ether oxygens (including phenoxy) is 2. The fourth-order valence-corrected chi connectivity index (χ4v) is 1.39. The first kappa shape index (κ1) is 16.6. The maximum atomic E-state index is 12.8. The molecule has 1 aromatic rings. The van der Waals surface area contributed by atoms with E-state index in [2.05, 4.69) is 9.47 Å². The van der Waals surface area contributed by atoms with Crippen molar-refractivity contribution in [1.82, 2.24) is 0 Å². The van der Waals surface area contributed by atoms with Gasteiger partial charge in [-0.05, 0) is 12.1 Å². The largest absolute Gasteiger partial charge is 0.573 e. The highest BCUT2D eigenvalue weighted by Gasteiger charge is 2.39. The van der Waals surface area contributed by atoms with E-state index in [1.54, 1.807) is 0 Å².